The van der Waals surface area contributed by atoms with Crippen LogP contribution in [0.4, 0.5) is 17.2 Å². The number of benzene rings is 2. The number of pyridine rings is 1. The number of nitrogens with zero attached hydrogens (tertiary/aromatic N) is 4. The molecule has 1 amide bonds. The van der Waals surface area contributed by atoms with Gasteiger partial charge in [-0.3, -0.25) is 25.1 Å². The minimum Gasteiger partial charge on any atom is -0.481 e. The van der Waals surface area contributed by atoms with Crippen LogP contribution < -0.4 is 16.0 Å². The van der Waals surface area contributed by atoms with Crippen molar-refractivity contribution in [3.8, 4) is 0 Å². The lowest BCUT2D eigenvalue weighted by Gasteiger charge is -2.22. The number of aryl methyl sites for hydroxylation is 1. The van der Waals surface area contributed by atoms with Crippen LogP contribution in [0.5, 0.6) is 0 Å². The van der Waals surface area contributed by atoms with Crippen molar-refractivity contribution >= 4 is 40.5 Å². The first-order valence-corrected chi connectivity index (χ1v) is 13.0. The zero-order chi connectivity index (χ0) is 28.2. The van der Waals surface area contributed by atoms with E-state index in [1.54, 1.807) is 30.3 Å². The average molecular weight is 528 g/mol. The first-order valence-electron chi connectivity index (χ1n) is 13.0. The molecule has 9 nitrogen and oxygen atoms in total. The molecule has 0 saturated heterocycles. The summed E-state index contributed by atoms with van der Waals surface area (Å²) in [5, 5.41) is 10.9. The number of amides is 1. The van der Waals surface area contributed by atoms with Crippen LogP contribution in [0.25, 0.3) is 0 Å². The molecule has 0 atom stereocenters. The van der Waals surface area contributed by atoms with Crippen molar-refractivity contribution in [2.75, 3.05) is 37.0 Å². The fraction of sp³-hybridized carbons (Fsp3) is 0.300. The molecule has 0 aliphatic carbocycles. The zero-order valence-corrected chi connectivity index (χ0v) is 23.1. The van der Waals surface area contributed by atoms with Crippen LogP contribution >= 0.6 is 0 Å². The molecule has 0 saturated carbocycles. The molecule has 0 aliphatic heterocycles. The summed E-state index contributed by atoms with van der Waals surface area (Å²) in [5.74, 6) is 1.03. The number of hydrogen-bond acceptors (Lipinski definition) is 7. The SMILES string of the molecule is CCOC(CCN(C(=O)c1ccc(CC)c(N=C(C)CNc2ccc(C(=N)N)cc2)c1)c1ccccn1)=NC. The topological polar surface area (TPSA) is 129 Å². The van der Waals surface area contributed by atoms with Crippen LogP contribution in [0.3, 0.4) is 0 Å². The van der Waals surface area contributed by atoms with Crippen LogP contribution in [0, 0.1) is 5.41 Å². The third-order valence-electron chi connectivity index (χ3n) is 6.05. The standard InChI is InChI=1S/C30H37N7O2/c1-5-22-10-11-24(19-26(22)36-21(3)20-35-25-14-12-23(13-15-25)29(31)32)30(38)37(27-9-7-8-17-34-27)18-16-28(33-4)39-6-2/h7-15,17,19,35H,5-6,16,18,20H2,1-4H3,(H3,31,32). The van der Waals surface area contributed by atoms with E-state index in [1.165, 1.54) is 0 Å². The lowest BCUT2D eigenvalue weighted by atomic mass is 10.1. The highest BCUT2D eigenvalue weighted by atomic mass is 16.5. The summed E-state index contributed by atoms with van der Waals surface area (Å²) in [4.78, 5) is 28.9. The molecule has 3 aromatic rings. The molecule has 1 heterocycles. The van der Waals surface area contributed by atoms with Crippen molar-refractivity contribution in [3.63, 3.8) is 0 Å². The molecular formula is C30H37N7O2. The third kappa shape index (κ3) is 8.23. The van der Waals surface area contributed by atoms with Crippen molar-refractivity contribution < 1.29 is 9.53 Å². The number of nitrogen functional groups attached to an aromatic ring is 1. The number of nitrogens with one attached hydrogen (secondary N) is 2. The van der Waals surface area contributed by atoms with Gasteiger partial charge in [0.05, 0.1) is 18.8 Å². The zero-order valence-electron chi connectivity index (χ0n) is 23.1. The highest BCUT2D eigenvalue weighted by Gasteiger charge is 2.20. The van der Waals surface area contributed by atoms with Crippen molar-refractivity contribution in [2.45, 2.75) is 33.6 Å². The normalized spacial score (nSPS) is 11.7. The van der Waals surface area contributed by atoms with Gasteiger partial charge in [-0.05, 0) is 74.4 Å². The average Bonchev–Trinajstić information content (AvgIpc) is 2.96. The van der Waals surface area contributed by atoms with Crippen LogP contribution in [0.1, 0.15) is 48.7 Å². The summed E-state index contributed by atoms with van der Waals surface area (Å²) in [5.41, 5.74) is 10.3. The molecule has 0 radical (unpaired) electrons. The van der Waals surface area contributed by atoms with E-state index in [-0.39, 0.29) is 11.7 Å². The quantitative estimate of drug-likeness (QED) is 0.219. The van der Waals surface area contributed by atoms with E-state index in [4.69, 9.17) is 20.9 Å². The van der Waals surface area contributed by atoms with E-state index in [2.05, 4.69) is 22.2 Å². The van der Waals surface area contributed by atoms with E-state index >= 15 is 0 Å². The van der Waals surface area contributed by atoms with Gasteiger partial charge in [0, 0.05) is 48.7 Å². The van der Waals surface area contributed by atoms with Crippen molar-refractivity contribution in [2.24, 2.45) is 15.7 Å². The molecular weight excluding hydrogens is 490 g/mol. The van der Waals surface area contributed by atoms with E-state index in [0.717, 1.165) is 29.1 Å². The van der Waals surface area contributed by atoms with E-state index < -0.39 is 0 Å². The number of carbonyl (C=O) groups excluding carboxylic acids is 1. The first-order chi connectivity index (χ1) is 18.9. The summed E-state index contributed by atoms with van der Waals surface area (Å²) in [7, 11) is 1.68. The predicted octanol–water partition coefficient (Wildman–Crippen LogP) is 5.23. The molecule has 0 unspecified atom stereocenters. The van der Waals surface area contributed by atoms with E-state index in [0.29, 0.717) is 49.0 Å². The Morgan fingerprint density at radius 3 is 2.46 bits per heavy atom. The third-order valence-corrected chi connectivity index (χ3v) is 6.05. The van der Waals surface area contributed by atoms with Crippen LogP contribution in [0.2, 0.25) is 0 Å². The molecule has 204 valence electrons. The van der Waals surface area contributed by atoms with Crippen LogP contribution in [-0.2, 0) is 11.2 Å². The lowest BCUT2D eigenvalue weighted by molar-refractivity contribution is 0.0986. The minimum absolute atomic E-state index is 0.0376. The van der Waals surface area contributed by atoms with Gasteiger partial charge in [-0.1, -0.05) is 19.1 Å². The number of rotatable bonds is 12. The van der Waals surface area contributed by atoms with Gasteiger partial charge in [0.15, 0.2) is 5.90 Å². The number of amidine groups is 1. The smallest absolute Gasteiger partial charge is 0.259 e. The second kappa shape index (κ2) is 14.4. The molecule has 0 fully saturated rings. The molecule has 0 spiro atoms. The van der Waals surface area contributed by atoms with Crippen LogP contribution in [0.15, 0.2) is 76.8 Å². The Morgan fingerprint density at radius 1 is 1.10 bits per heavy atom. The van der Waals surface area contributed by atoms with Crippen molar-refractivity contribution in [1.29, 1.82) is 5.41 Å². The number of hydrogen-bond donors (Lipinski definition) is 3. The van der Waals surface area contributed by atoms with E-state index in [9.17, 15) is 4.79 Å². The first kappa shape index (κ1) is 29.0. The Balaban J connectivity index is 1.82. The highest BCUT2D eigenvalue weighted by molar-refractivity contribution is 6.06. The summed E-state index contributed by atoms with van der Waals surface area (Å²) in [6.07, 6.45) is 2.94. The molecule has 3 rings (SSSR count). The molecule has 1 aromatic heterocycles. The summed E-state index contributed by atoms with van der Waals surface area (Å²) >= 11 is 0. The molecule has 0 aliphatic rings. The maximum atomic E-state index is 13.7. The molecule has 0 bridgehead atoms. The fourth-order valence-electron chi connectivity index (χ4n) is 3.95. The molecule has 4 N–H and O–H groups in total. The molecule has 9 heteroatoms. The number of nitrogens with two attached hydrogens (primary N) is 1. The number of carbonyl (C=O) groups is 1. The summed E-state index contributed by atoms with van der Waals surface area (Å²) in [6.45, 7) is 7.34. The van der Waals surface area contributed by atoms with Gasteiger partial charge >= 0.3 is 0 Å². The van der Waals surface area contributed by atoms with E-state index in [1.807, 2.05) is 62.4 Å². The number of ether oxygens (including phenoxy) is 1. The van der Waals surface area contributed by atoms with Gasteiger partial charge in [0.25, 0.3) is 5.91 Å². The van der Waals surface area contributed by atoms with Crippen molar-refractivity contribution in [3.05, 3.63) is 83.6 Å². The lowest BCUT2D eigenvalue weighted by Crippen LogP contribution is -2.34. The molecule has 2 aromatic carbocycles. The largest absolute Gasteiger partial charge is 0.481 e. The minimum atomic E-state index is -0.166. The maximum absolute atomic E-state index is 13.7. The Bertz CT molecular complexity index is 1320. The van der Waals surface area contributed by atoms with Gasteiger partial charge in [-0.2, -0.15) is 0 Å². The maximum Gasteiger partial charge on any atom is 0.259 e. The fourth-order valence-corrected chi connectivity index (χ4v) is 3.95. The summed E-state index contributed by atoms with van der Waals surface area (Å²) < 4.78 is 5.58. The number of aliphatic imine (C=N–C) groups is 2. The van der Waals surface area contributed by atoms with Gasteiger partial charge in [0.1, 0.15) is 11.7 Å². The van der Waals surface area contributed by atoms with Crippen molar-refractivity contribution in [1.82, 2.24) is 4.98 Å². The van der Waals surface area contributed by atoms with Gasteiger partial charge in [-0.25, -0.2) is 4.98 Å². The second-order valence-corrected chi connectivity index (χ2v) is 8.83. The number of anilines is 2. The molecule has 39 heavy (non-hydrogen) atoms. The summed E-state index contributed by atoms with van der Waals surface area (Å²) in [6, 6.07) is 18.5. The van der Waals surface area contributed by atoms with Gasteiger partial charge < -0.3 is 15.8 Å². The van der Waals surface area contributed by atoms with Gasteiger partial charge in [-0.15, -0.1) is 0 Å². The predicted molar refractivity (Wildman–Crippen MR) is 160 cm³/mol. The highest BCUT2D eigenvalue weighted by Crippen LogP contribution is 2.25. The number of aromatic nitrogens is 1. The second-order valence-electron chi connectivity index (χ2n) is 8.83. The van der Waals surface area contributed by atoms with Gasteiger partial charge in [0.2, 0.25) is 0 Å². The Kier molecular flexibility index (Phi) is 10.7. The monoisotopic (exact) mass is 527 g/mol. The Morgan fingerprint density at radius 2 is 1.85 bits per heavy atom. The van der Waals surface area contributed by atoms with Crippen LogP contribution in [-0.4, -0.2) is 55.1 Å². The Labute approximate surface area is 230 Å². The Hall–Kier alpha value is -4.53.